The molecule has 138 valence electrons. The number of piperazine rings is 1. The summed E-state index contributed by atoms with van der Waals surface area (Å²) in [6.45, 7) is 4.57. The maximum atomic E-state index is 13.0. The minimum Gasteiger partial charge on any atom is -0.358 e. The molecule has 0 atom stereocenters. The van der Waals surface area contributed by atoms with E-state index in [1.54, 1.807) is 23.6 Å². The van der Waals surface area contributed by atoms with Gasteiger partial charge in [0.15, 0.2) is 0 Å². The molecule has 1 aromatic heterocycles. The lowest BCUT2D eigenvalue weighted by atomic mass is 10.2. The van der Waals surface area contributed by atoms with Gasteiger partial charge in [0.25, 0.3) is 5.91 Å². The average Bonchev–Trinajstić information content (AvgIpc) is 2.96. The van der Waals surface area contributed by atoms with Crippen LogP contribution in [0.3, 0.4) is 0 Å². The molecule has 26 heavy (non-hydrogen) atoms. The Hall–Kier alpha value is -2.38. The van der Waals surface area contributed by atoms with Crippen LogP contribution in [0.25, 0.3) is 5.69 Å². The van der Waals surface area contributed by atoms with E-state index in [1.165, 1.54) is 0 Å². The minimum atomic E-state index is -0.116. The second kappa shape index (κ2) is 7.88. The summed E-state index contributed by atoms with van der Waals surface area (Å²) < 4.78 is 1.59. The third-order valence-corrected chi connectivity index (χ3v) is 4.87. The third kappa shape index (κ3) is 3.73. The molecule has 3 rings (SSSR count). The summed E-state index contributed by atoms with van der Waals surface area (Å²) in [5.74, 6) is -0.137. The summed E-state index contributed by atoms with van der Waals surface area (Å²) in [6.07, 6.45) is 0. The SMILES string of the molecule is CNC(=O)CN1CCN(C(=O)c2c(C)nn(-c3ccccc3)c2Cl)CC1. The second-order valence-corrected chi connectivity index (χ2v) is 6.60. The standard InChI is InChI=1S/C18H22ClN5O2/c1-13-16(17(19)24(21-13)14-6-4-3-5-7-14)18(26)23-10-8-22(9-11-23)12-15(25)20-2/h3-7H,8-12H2,1-2H3,(H,20,25). The van der Waals surface area contributed by atoms with Crippen LogP contribution in [-0.2, 0) is 4.79 Å². The second-order valence-electron chi connectivity index (χ2n) is 6.24. The topological polar surface area (TPSA) is 70.5 Å². The van der Waals surface area contributed by atoms with Gasteiger partial charge in [0, 0.05) is 33.2 Å². The van der Waals surface area contributed by atoms with E-state index in [-0.39, 0.29) is 11.8 Å². The van der Waals surface area contributed by atoms with Crippen molar-refractivity contribution in [3.05, 3.63) is 46.7 Å². The Kier molecular flexibility index (Phi) is 5.58. The molecule has 0 aliphatic carbocycles. The Morgan fingerprint density at radius 3 is 2.42 bits per heavy atom. The molecular weight excluding hydrogens is 354 g/mol. The Balaban J connectivity index is 1.73. The quantitative estimate of drug-likeness (QED) is 0.875. The van der Waals surface area contributed by atoms with Crippen molar-refractivity contribution >= 4 is 23.4 Å². The molecule has 0 spiro atoms. The molecule has 1 saturated heterocycles. The normalized spacial score (nSPS) is 15.1. The lowest BCUT2D eigenvalue weighted by molar-refractivity contribution is -0.122. The lowest BCUT2D eigenvalue weighted by Crippen LogP contribution is -2.51. The first-order valence-electron chi connectivity index (χ1n) is 8.54. The zero-order valence-corrected chi connectivity index (χ0v) is 15.7. The number of halogens is 1. The number of benzene rings is 1. The van der Waals surface area contributed by atoms with E-state index < -0.39 is 0 Å². The van der Waals surface area contributed by atoms with E-state index in [0.29, 0.717) is 49.1 Å². The van der Waals surface area contributed by atoms with Gasteiger partial charge in [-0.2, -0.15) is 5.10 Å². The summed E-state index contributed by atoms with van der Waals surface area (Å²) in [6, 6.07) is 9.50. The molecule has 1 aliphatic rings. The highest BCUT2D eigenvalue weighted by Crippen LogP contribution is 2.25. The Bertz CT molecular complexity index is 797. The van der Waals surface area contributed by atoms with Crippen LogP contribution in [0, 0.1) is 6.92 Å². The Morgan fingerprint density at radius 1 is 1.15 bits per heavy atom. The van der Waals surface area contributed by atoms with Crippen molar-refractivity contribution in [1.29, 1.82) is 0 Å². The van der Waals surface area contributed by atoms with Crippen LogP contribution in [0.15, 0.2) is 30.3 Å². The number of carbonyl (C=O) groups is 2. The lowest BCUT2D eigenvalue weighted by Gasteiger charge is -2.34. The summed E-state index contributed by atoms with van der Waals surface area (Å²) in [5.41, 5.74) is 1.86. The molecule has 7 nitrogen and oxygen atoms in total. The summed E-state index contributed by atoms with van der Waals surface area (Å²) in [7, 11) is 1.62. The van der Waals surface area contributed by atoms with Crippen molar-refractivity contribution in [1.82, 2.24) is 24.9 Å². The van der Waals surface area contributed by atoms with E-state index in [9.17, 15) is 9.59 Å². The number of carbonyl (C=O) groups excluding carboxylic acids is 2. The van der Waals surface area contributed by atoms with Crippen molar-refractivity contribution in [3.8, 4) is 5.69 Å². The summed E-state index contributed by atoms with van der Waals surface area (Å²) in [4.78, 5) is 28.2. The molecule has 2 heterocycles. The van der Waals surface area contributed by atoms with Crippen LogP contribution in [0.2, 0.25) is 5.15 Å². The molecule has 1 aliphatic heterocycles. The fourth-order valence-electron chi connectivity index (χ4n) is 3.03. The number of nitrogens with zero attached hydrogens (tertiary/aromatic N) is 4. The number of aromatic nitrogens is 2. The number of hydrogen-bond acceptors (Lipinski definition) is 4. The van der Waals surface area contributed by atoms with E-state index in [0.717, 1.165) is 5.69 Å². The fourth-order valence-corrected chi connectivity index (χ4v) is 3.38. The first-order chi connectivity index (χ1) is 12.5. The fraction of sp³-hybridized carbons (Fsp3) is 0.389. The zero-order chi connectivity index (χ0) is 18.7. The number of likely N-dealkylation sites (N-methyl/N-ethyl adjacent to an activating group) is 1. The van der Waals surface area contributed by atoms with Gasteiger partial charge in [-0.15, -0.1) is 0 Å². The molecular formula is C18H22ClN5O2. The Morgan fingerprint density at radius 2 is 1.81 bits per heavy atom. The monoisotopic (exact) mass is 375 g/mol. The molecule has 0 saturated carbocycles. The maximum Gasteiger partial charge on any atom is 0.258 e. The molecule has 1 aromatic carbocycles. The largest absolute Gasteiger partial charge is 0.358 e. The van der Waals surface area contributed by atoms with Gasteiger partial charge in [0.2, 0.25) is 5.91 Å². The number of rotatable bonds is 4. The van der Waals surface area contributed by atoms with Gasteiger partial charge in [0.1, 0.15) is 5.15 Å². The minimum absolute atomic E-state index is 0.0206. The first kappa shape index (κ1) is 18.4. The van der Waals surface area contributed by atoms with Crippen LogP contribution in [-0.4, -0.2) is 71.2 Å². The van der Waals surface area contributed by atoms with Crippen LogP contribution in [0.4, 0.5) is 0 Å². The van der Waals surface area contributed by atoms with Crippen molar-refractivity contribution in [2.24, 2.45) is 0 Å². The zero-order valence-electron chi connectivity index (χ0n) is 14.9. The first-order valence-corrected chi connectivity index (χ1v) is 8.91. The van der Waals surface area contributed by atoms with E-state index in [4.69, 9.17) is 11.6 Å². The molecule has 8 heteroatoms. The van der Waals surface area contributed by atoms with Crippen molar-refractivity contribution < 1.29 is 9.59 Å². The average molecular weight is 376 g/mol. The molecule has 2 aromatic rings. The molecule has 0 bridgehead atoms. The maximum absolute atomic E-state index is 13.0. The number of aryl methyl sites for hydroxylation is 1. The number of hydrogen-bond donors (Lipinski definition) is 1. The molecule has 2 amide bonds. The van der Waals surface area contributed by atoms with Gasteiger partial charge >= 0.3 is 0 Å². The van der Waals surface area contributed by atoms with E-state index in [1.807, 2.05) is 35.2 Å². The van der Waals surface area contributed by atoms with Crippen LogP contribution in [0.5, 0.6) is 0 Å². The van der Waals surface area contributed by atoms with Crippen molar-refractivity contribution in [2.45, 2.75) is 6.92 Å². The van der Waals surface area contributed by atoms with Gasteiger partial charge in [-0.1, -0.05) is 29.8 Å². The summed E-state index contributed by atoms with van der Waals surface area (Å²) >= 11 is 6.48. The van der Waals surface area contributed by atoms with Crippen LogP contribution in [0.1, 0.15) is 16.1 Å². The number of para-hydroxylation sites is 1. The molecule has 1 N–H and O–H groups in total. The van der Waals surface area contributed by atoms with Gasteiger partial charge in [-0.3, -0.25) is 14.5 Å². The van der Waals surface area contributed by atoms with E-state index >= 15 is 0 Å². The highest BCUT2D eigenvalue weighted by Gasteiger charge is 2.28. The Labute approximate surface area is 157 Å². The molecule has 0 radical (unpaired) electrons. The van der Waals surface area contributed by atoms with Crippen molar-refractivity contribution in [2.75, 3.05) is 39.8 Å². The summed E-state index contributed by atoms with van der Waals surface area (Å²) in [5, 5.41) is 7.38. The van der Waals surface area contributed by atoms with E-state index in [2.05, 4.69) is 10.4 Å². The highest BCUT2D eigenvalue weighted by atomic mass is 35.5. The smallest absolute Gasteiger partial charge is 0.258 e. The number of nitrogens with one attached hydrogen (secondary N) is 1. The molecule has 1 fully saturated rings. The van der Waals surface area contributed by atoms with Crippen molar-refractivity contribution in [3.63, 3.8) is 0 Å². The number of amides is 2. The predicted molar refractivity (Wildman–Crippen MR) is 99.7 cm³/mol. The van der Waals surface area contributed by atoms with Gasteiger partial charge in [-0.25, -0.2) is 4.68 Å². The van der Waals surface area contributed by atoms with Gasteiger partial charge in [-0.05, 0) is 19.1 Å². The van der Waals surface area contributed by atoms with Gasteiger partial charge in [0.05, 0.1) is 23.5 Å². The molecule has 0 unspecified atom stereocenters. The third-order valence-electron chi connectivity index (χ3n) is 4.52. The van der Waals surface area contributed by atoms with Crippen LogP contribution >= 0.6 is 11.6 Å². The van der Waals surface area contributed by atoms with Gasteiger partial charge < -0.3 is 10.2 Å². The predicted octanol–water partition coefficient (Wildman–Crippen LogP) is 1.34. The van der Waals surface area contributed by atoms with Crippen LogP contribution < -0.4 is 5.32 Å². The highest BCUT2D eigenvalue weighted by molar-refractivity contribution is 6.33.